The smallest absolute Gasteiger partial charge is 0.255 e. The summed E-state index contributed by atoms with van der Waals surface area (Å²) in [7, 11) is 2.10. The number of carbonyl (C=O) groups excluding carboxylic acids is 2. The van der Waals surface area contributed by atoms with Crippen molar-refractivity contribution in [2.24, 2.45) is 0 Å². The highest BCUT2D eigenvalue weighted by Crippen LogP contribution is 2.26. The van der Waals surface area contributed by atoms with E-state index in [1.165, 1.54) is 12.5 Å². The molecule has 1 aromatic heterocycles. The lowest BCUT2D eigenvalue weighted by Crippen LogP contribution is -2.52. The maximum Gasteiger partial charge on any atom is 0.255 e. The van der Waals surface area contributed by atoms with Gasteiger partial charge in [0, 0.05) is 25.6 Å². The van der Waals surface area contributed by atoms with Crippen LogP contribution in [0.15, 0.2) is 61.2 Å². The highest BCUT2D eigenvalue weighted by molar-refractivity contribution is 5.97. The molecular weight excluding hydrogens is 452 g/mol. The molecule has 9 heteroatoms. The van der Waals surface area contributed by atoms with E-state index in [0.717, 1.165) is 38.8 Å². The molecule has 1 aliphatic rings. The lowest BCUT2D eigenvalue weighted by Gasteiger charge is -2.41. The van der Waals surface area contributed by atoms with Crippen molar-refractivity contribution < 1.29 is 9.59 Å². The van der Waals surface area contributed by atoms with Crippen LogP contribution < -0.4 is 5.32 Å². The fourth-order valence-corrected chi connectivity index (χ4v) is 4.37. The average Bonchev–Trinajstić information content (AvgIpc) is 3.37. The molecule has 0 aliphatic carbocycles. The van der Waals surface area contributed by atoms with Crippen molar-refractivity contribution in [1.29, 1.82) is 0 Å². The fraction of sp³-hybridized carbons (Fsp3) is 0.360. The summed E-state index contributed by atoms with van der Waals surface area (Å²) in [4.78, 5) is 29.5. The number of benzene rings is 2. The van der Waals surface area contributed by atoms with Gasteiger partial charge in [-0.2, -0.15) is 0 Å². The summed E-state index contributed by atoms with van der Waals surface area (Å²) >= 11 is 0. The van der Waals surface area contributed by atoms with Crippen LogP contribution in [-0.4, -0.2) is 62.7 Å². The number of carbonyl (C=O) groups is 2. The van der Waals surface area contributed by atoms with Crippen molar-refractivity contribution in [2.75, 3.05) is 25.5 Å². The molecule has 8 nitrogen and oxygen atoms in total. The lowest BCUT2D eigenvalue weighted by atomic mass is 10.0. The number of likely N-dealkylation sites (N-methyl/N-ethyl adjacent to an activating group) is 1. The highest BCUT2D eigenvalue weighted by Gasteiger charge is 2.30. The molecule has 1 fully saturated rings. The number of anilines is 1. The van der Waals surface area contributed by atoms with Crippen LogP contribution in [0.5, 0.6) is 0 Å². The van der Waals surface area contributed by atoms with Gasteiger partial charge < -0.3 is 10.2 Å². The fourth-order valence-electron chi connectivity index (χ4n) is 4.37. The van der Waals surface area contributed by atoms with Crippen molar-refractivity contribution in [2.45, 2.75) is 38.8 Å². The van der Waals surface area contributed by atoms with Gasteiger partial charge in [0.15, 0.2) is 0 Å². The summed E-state index contributed by atoms with van der Waals surface area (Å²) in [6.45, 7) is 3.07. The highest BCUT2D eigenvalue weighted by atomic mass is 35.5. The van der Waals surface area contributed by atoms with E-state index in [1.807, 2.05) is 11.0 Å². The van der Waals surface area contributed by atoms with E-state index in [2.05, 4.69) is 51.7 Å². The molecule has 34 heavy (non-hydrogen) atoms. The molecule has 1 N–H and O–H groups in total. The molecule has 2 amide bonds. The van der Waals surface area contributed by atoms with Crippen LogP contribution in [0.1, 0.15) is 42.1 Å². The van der Waals surface area contributed by atoms with Crippen molar-refractivity contribution in [3.63, 3.8) is 0 Å². The van der Waals surface area contributed by atoms with Crippen molar-refractivity contribution in [3.8, 4) is 5.69 Å². The first-order valence-electron chi connectivity index (χ1n) is 11.3. The Balaban J connectivity index is 0.00000324. The predicted molar refractivity (Wildman–Crippen MR) is 134 cm³/mol. The molecule has 4 rings (SSSR count). The van der Waals surface area contributed by atoms with E-state index in [1.54, 1.807) is 35.4 Å². The minimum absolute atomic E-state index is 0. The lowest BCUT2D eigenvalue weighted by molar-refractivity contribution is -0.114. The largest absolute Gasteiger partial charge is 0.325 e. The van der Waals surface area contributed by atoms with Gasteiger partial charge >= 0.3 is 0 Å². The maximum absolute atomic E-state index is 13.6. The first kappa shape index (κ1) is 25.4. The van der Waals surface area contributed by atoms with Crippen LogP contribution in [0.25, 0.3) is 5.69 Å². The van der Waals surface area contributed by atoms with Gasteiger partial charge in [0.2, 0.25) is 5.91 Å². The van der Waals surface area contributed by atoms with Gasteiger partial charge in [-0.25, -0.2) is 0 Å². The van der Waals surface area contributed by atoms with E-state index in [9.17, 15) is 9.59 Å². The number of nitrogens with zero attached hydrogens (tertiary/aromatic N) is 5. The zero-order valence-electron chi connectivity index (χ0n) is 19.6. The quantitative estimate of drug-likeness (QED) is 0.554. The van der Waals surface area contributed by atoms with Crippen LogP contribution in [0.3, 0.4) is 0 Å². The van der Waals surface area contributed by atoms with Crippen LogP contribution in [0.2, 0.25) is 0 Å². The SMILES string of the molecule is CC(=O)Nc1ccc(C(=O)N2CCCCC2N(C)CCc2ccccc2)cc1-n1cnnc1.Cl. The van der Waals surface area contributed by atoms with E-state index >= 15 is 0 Å². The van der Waals surface area contributed by atoms with Gasteiger partial charge in [-0.05, 0) is 56.5 Å². The third kappa shape index (κ3) is 6.01. The average molecular weight is 483 g/mol. The summed E-state index contributed by atoms with van der Waals surface area (Å²) < 4.78 is 1.70. The Labute approximate surface area is 206 Å². The van der Waals surface area contributed by atoms with Crippen molar-refractivity contribution >= 4 is 29.9 Å². The number of likely N-dealkylation sites (tertiary alicyclic amines) is 1. The van der Waals surface area contributed by atoms with Crippen LogP contribution >= 0.6 is 12.4 Å². The number of aromatic nitrogens is 3. The van der Waals surface area contributed by atoms with E-state index in [4.69, 9.17) is 0 Å². The van der Waals surface area contributed by atoms with E-state index < -0.39 is 0 Å². The number of nitrogens with one attached hydrogen (secondary N) is 1. The molecule has 1 aliphatic heterocycles. The van der Waals surface area contributed by atoms with Crippen molar-refractivity contribution in [3.05, 3.63) is 72.3 Å². The number of hydrogen-bond donors (Lipinski definition) is 1. The Morgan fingerprint density at radius 1 is 1.09 bits per heavy atom. The first-order chi connectivity index (χ1) is 16.0. The molecule has 2 heterocycles. The Kier molecular flexibility index (Phi) is 8.79. The van der Waals surface area contributed by atoms with Gasteiger partial charge in [0.1, 0.15) is 12.7 Å². The predicted octanol–water partition coefficient (Wildman–Crippen LogP) is 3.77. The Bertz CT molecular complexity index is 1090. The second kappa shape index (κ2) is 11.8. The van der Waals surface area contributed by atoms with E-state index in [-0.39, 0.29) is 30.4 Å². The van der Waals surface area contributed by atoms with Crippen LogP contribution in [-0.2, 0) is 11.2 Å². The van der Waals surface area contributed by atoms with Crippen LogP contribution in [0, 0.1) is 0 Å². The van der Waals surface area contributed by atoms with Gasteiger partial charge in [-0.15, -0.1) is 22.6 Å². The molecule has 1 atom stereocenters. The van der Waals surface area contributed by atoms with Gasteiger partial charge in [-0.1, -0.05) is 30.3 Å². The monoisotopic (exact) mass is 482 g/mol. The number of piperidine rings is 1. The van der Waals surface area contributed by atoms with Gasteiger partial charge in [0.05, 0.1) is 17.5 Å². The molecule has 1 unspecified atom stereocenters. The third-order valence-electron chi connectivity index (χ3n) is 6.09. The molecule has 3 aromatic rings. The molecule has 1 saturated heterocycles. The number of amides is 2. The molecule has 0 saturated carbocycles. The van der Waals surface area contributed by atoms with E-state index in [0.29, 0.717) is 16.9 Å². The molecule has 0 radical (unpaired) electrons. The summed E-state index contributed by atoms with van der Waals surface area (Å²) in [5.74, 6) is -0.186. The maximum atomic E-state index is 13.6. The Morgan fingerprint density at radius 2 is 1.82 bits per heavy atom. The molecule has 2 aromatic carbocycles. The second-order valence-electron chi connectivity index (χ2n) is 8.47. The molecule has 180 valence electrons. The minimum atomic E-state index is -0.181. The number of hydrogen-bond acceptors (Lipinski definition) is 5. The molecule has 0 bridgehead atoms. The molecular formula is C25H31ClN6O2. The van der Waals surface area contributed by atoms with Gasteiger partial charge in [-0.3, -0.25) is 19.1 Å². The van der Waals surface area contributed by atoms with Gasteiger partial charge in [0.25, 0.3) is 5.91 Å². The summed E-state index contributed by atoms with van der Waals surface area (Å²) in [6.07, 6.45) is 7.17. The summed E-state index contributed by atoms with van der Waals surface area (Å²) in [5.41, 5.74) is 3.14. The Morgan fingerprint density at radius 3 is 2.53 bits per heavy atom. The Hall–Kier alpha value is -3.23. The summed E-state index contributed by atoms with van der Waals surface area (Å²) in [5, 5.41) is 10.5. The third-order valence-corrected chi connectivity index (χ3v) is 6.09. The number of rotatable bonds is 7. The standard InChI is InChI=1S/C25H30N6O2.ClH/c1-19(32)28-22-12-11-21(16-23(22)30-17-26-27-18-30)25(33)31-14-7-6-10-24(31)29(2)15-13-20-8-4-3-5-9-20;/h3-5,8-9,11-12,16-18,24H,6-7,10,13-15H2,1-2H3,(H,28,32);1H. The van der Waals surface area contributed by atoms with Crippen LogP contribution in [0.4, 0.5) is 5.69 Å². The number of halogens is 1. The summed E-state index contributed by atoms with van der Waals surface area (Å²) in [6, 6.07) is 15.8. The second-order valence-corrected chi connectivity index (χ2v) is 8.47. The molecule has 0 spiro atoms. The minimum Gasteiger partial charge on any atom is -0.325 e. The topological polar surface area (TPSA) is 83.4 Å². The zero-order valence-corrected chi connectivity index (χ0v) is 20.4. The zero-order chi connectivity index (χ0) is 23.2. The normalized spacial score (nSPS) is 15.6. The van der Waals surface area contributed by atoms with Crippen molar-refractivity contribution in [1.82, 2.24) is 24.6 Å². The first-order valence-corrected chi connectivity index (χ1v) is 11.3.